The first-order valence-corrected chi connectivity index (χ1v) is 12.4. The van der Waals surface area contributed by atoms with Gasteiger partial charge in [-0.25, -0.2) is 0 Å². The average molecular weight is 443 g/mol. The third-order valence-electron chi connectivity index (χ3n) is 6.58. The molecular weight excluding hydrogens is 408 g/mol. The highest BCUT2D eigenvalue weighted by Crippen LogP contribution is 2.52. The van der Waals surface area contributed by atoms with E-state index < -0.39 is 5.97 Å². The van der Waals surface area contributed by atoms with Gasteiger partial charge in [0, 0.05) is 22.5 Å². The highest BCUT2D eigenvalue weighted by Gasteiger charge is 2.41. The summed E-state index contributed by atoms with van der Waals surface area (Å²) >= 11 is 1.81. The van der Waals surface area contributed by atoms with E-state index in [1.54, 1.807) is 30.0 Å². The summed E-state index contributed by atoms with van der Waals surface area (Å²) in [7, 11) is 0. The van der Waals surface area contributed by atoms with E-state index in [-0.39, 0.29) is 11.8 Å². The first-order valence-electron chi connectivity index (χ1n) is 11.4. The maximum Gasteiger partial charge on any atom is 0.303 e. The predicted octanol–water partition coefficient (Wildman–Crippen LogP) is 6.84. The van der Waals surface area contributed by atoms with Crippen molar-refractivity contribution in [3.63, 3.8) is 0 Å². The van der Waals surface area contributed by atoms with Crippen LogP contribution in [0.1, 0.15) is 81.8 Å². The molecule has 1 aliphatic heterocycles. The number of fused-ring (bicyclic) bond motifs is 1. The largest absolute Gasteiger partial charge is 0.508 e. The molecule has 2 aromatic rings. The lowest BCUT2D eigenvalue weighted by Crippen LogP contribution is -2.36. The molecule has 0 spiro atoms. The van der Waals surface area contributed by atoms with Gasteiger partial charge in [0.15, 0.2) is 0 Å². The number of unbranched alkanes of at least 4 members (excludes halogenated alkanes) is 6. The Morgan fingerprint density at radius 2 is 1.55 bits per heavy atom. The van der Waals surface area contributed by atoms with Crippen molar-refractivity contribution in [2.24, 2.45) is 0 Å². The smallest absolute Gasteiger partial charge is 0.303 e. The minimum atomic E-state index is -0.698. The van der Waals surface area contributed by atoms with Gasteiger partial charge in [0.1, 0.15) is 11.5 Å². The normalized spacial score (nSPS) is 20.4. The number of phenolic OH excluding ortho intramolecular Hbond substituents is 2. The summed E-state index contributed by atoms with van der Waals surface area (Å²) in [6.45, 7) is 2.33. The molecule has 5 heteroatoms. The van der Waals surface area contributed by atoms with Crippen LogP contribution >= 0.6 is 11.8 Å². The van der Waals surface area contributed by atoms with Gasteiger partial charge in [0.25, 0.3) is 0 Å². The fourth-order valence-electron chi connectivity index (χ4n) is 4.72. The van der Waals surface area contributed by atoms with Gasteiger partial charge in [-0.05, 0) is 54.2 Å². The zero-order valence-electron chi connectivity index (χ0n) is 18.3. The van der Waals surface area contributed by atoms with E-state index in [0.29, 0.717) is 17.4 Å². The molecule has 0 amide bonds. The summed E-state index contributed by atoms with van der Waals surface area (Å²) in [6, 6.07) is 13.4. The van der Waals surface area contributed by atoms with Gasteiger partial charge in [-0.1, -0.05) is 63.6 Å². The molecule has 0 fully saturated rings. The molecule has 0 bridgehead atoms. The van der Waals surface area contributed by atoms with Crippen LogP contribution in [0, 0.1) is 0 Å². The van der Waals surface area contributed by atoms with Gasteiger partial charge < -0.3 is 15.3 Å². The lowest BCUT2D eigenvalue weighted by atomic mass is 9.68. The van der Waals surface area contributed by atoms with E-state index in [1.165, 1.54) is 35.3 Å². The van der Waals surface area contributed by atoms with Gasteiger partial charge >= 0.3 is 5.97 Å². The van der Waals surface area contributed by atoms with Crippen molar-refractivity contribution in [1.29, 1.82) is 0 Å². The molecule has 3 rings (SSSR count). The molecule has 3 N–H and O–H groups in total. The molecule has 1 unspecified atom stereocenters. The second-order valence-corrected chi connectivity index (χ2v) is 9.95. The van der Waals surface area contributed by atoms with Crippen LogP contribution in [0.4, 0.5) is 0 Å². The summed E-state index contributed by atoms with van der Waals surface area (Å²) in [5, 5.41) is 28.4. The van der Waals surface area contributed by atoms with Crippen molar-refractivity contribution >= 4 is 17.7 Å². The minimum absolute atomic E-state index is 0.0286. The maximum absolute atomic E-state index is 10.6. The Morgan fingerprint density at radius 3 is 2.23 bits per heavy atom. The Kier molecular flexibility index (Phi) is 8.30. The van der Waals surface area contributed by atoms with Crippen molar-refractivity contribution in [2.75, 3.05) is 5.75 Å². The topological polar surface area (TPSA) is 77.8 Å². The number of aromatic hydroxyl groups is 2. The van der Waals surface area contributed by atoms with Crippen LogP contribution in [0.2, 0.25) is 0 Å². The second-order valence-electron chi connectivity index (χ2n) is 8.94. The fraction of sp³-hybridized carbons (Fsp3) is 0.500. The monoisotopic (exact) mass is 442 g/mol. The first kappa shape index (κ1) is 23.5. The first-order chi connectivity index (χ1) is 14.9. The summed E-state index contributed by atoms with van der Waals surface area (Å²) in [4.78, 5) is 11.8. The number of carbonyl (C=O) groups is 1. The molecule has 0 saturated heterocycles. The van der Waals surface area contributed by atoms with Crippen LogP contribution in [0.3, 0.4) is 0 Å². The second kappa shape index (κ2) is 10.9. The van der Waals surface area contributed by atoms with Crippen LogP contribution in [0.25, 0.3) is 0 Å². The van der Waals surface area contributed by atoms with Gasteiger partial charge in [0.05, 0.1) is 0 Å². The van der Waals surface area contributed by atoms with Crippen molar-refractivity contribution in [1.82, 2.24) is 0 Å². The van der Waals surface area contributed by atoms with E-state index in [1.807, 2.05) is 18.2 Å². The lowest BCUT2D eigenvalue weighted by molar-refractivity contribution is -0.137. The minimum Gasteiger partial charge on any atom is -0.508 e. The number of rotatable bonds is 11. The Labute approximate surface area is 189 Å². The van der Waals surface area contributed by atoms with Crippen LogP contribution in [-0.2, 0) is 10.2 Å². The Balaban J connectivity index is 1.62. The number of hydrogen-bond acceptors (Lipinski definition) is 4. The Hall–Kier alpha value is -2.14. The number of aliphatic carboxylic acids is 1. The number of thioether (sulfide) groups is 1. The third-order valence-corrected chi connectivity index (χ3v) is 7.99. The molecule has 31 heavy (non-hydrogen) atoms. The quantitative estimate of drug-likeness (QED) is 0.332. The predicted molar refractivity (Wildman–Crippen MR) is 126 cm³/mol. The molecule has 0 radical (unpaired) electrons. The lowest BCUT2D eigenvalue weighted by Gasteiger charge is -2.43. The third kappa shape index (κ3) is 6.19. The van der Waals surface area contributed by atoms with Crippen LogP contribution < -0.4 is 0 Å². The highest BCUT2D eigenvalue weighted by molar-refractivity contribution is 7.99. The van der Waals surface area contributed by atoms with Gasteiger partial charge in [-0.3, -0.25) is 4.79 Å². The molecule has 168 valence electrons. The molecule has 0 aliphatic carbocycles. The number of carboxylic acid groups (broad SMARTS) is 1. The van der Waals surface area contributed by atoms with Crippen molar-refractivity contribution in [2.45, 2.75) is 80.9 Å². The highest BCUT2D eigenvalue weighted by atomic mass is 32.2. The van der Waals surface area contributed by atoms with Crippen LogP contribution in [0.15, 0.2) is 47.4 Å². The van der Waals surface area contributed by atoms with Crippen molar-refractivity contribution in [3.8, 4) is 11.5 Å². The molecule has 0 aromatic heterocycles. The number of benzene rings is 2. The Bertz CT molecular complexity index is 864. The molecular formula is C26H34O4S. The molecule has 2 aromatic carbocycles. The molecule has 1 heterocycles. The fourth-order valence-corrected chi connectivity index (χ4v) is 6.12. The van der Waals surface area contributed by atoms with Gasteiger partial charge in [-0.2, -0.15) is 0 Å². The van der Waals surface area contributed by atoms with E-state index in [0.717, 1.165) is 37.9 Å². The van der Waals surface area contributed by atoms with Gasteiger partial charge in [-0.15, -0.1) is 11.8 Å². The summed E-state index contributed by atoms with van der Waals surface area (Å²) in [6.07, 6.45) is 8.96. The summed E-state index contributed by atoms with van der Waals surface area (Å²) in [5.74, 6) is 1.23. The average Bonchev–Trinajstić information content (AvgIpc) is 2.74. The number of phenols is 2. The van der Waals surface area contributed by atoms with Gasteiger partial charge in [0.2, 0.25) is 0 Å². The van der Waals surface area contributed by atoms with Crippen molar-refractivity contribution in [3.05, 3.63) is 53.6 Å². The number of hydrogen-bond donors (Lipinski definition) is 3. The SMILES string of the molecule is CC1(c2ccc(O)cc2)CSc2cc(O)ccc2[C@H]1CCCCCCCCCC(=O)O. The van der Waals surface area contributed by atoms with E-state index in [4.69, 9.17) is 5.11 Å². The standard InChI is InChI=1S/C26H34O4S/c1-26(19-11-13-20(27)14-12-19)18-31-24-17-21(28)15-16-22(24)23(26)9-7-5-3-2-4-6-8-10-25(29)30/h11-17,23,27-28H,2-10,18H2,1H3,(H,29,30)/t23-,26?/m1/s1. The maximum atomic E-state index is 10.6. The van der Waals surface area contributed by atoms with Crippen LogP contribution in [0.5, 0.6) is 11.5 Å². The zero-order chi connectivity index (χ0) is 22.3. The van der Waals surface area contributed by atoms with E-state index in [2.05, 4.69) is 13.0 Å². The van der Waals surface area contributed by atoms with E-state index >= 15 is 0 Å². The molecule has 2 atom stereocenters. The zero-order valence-corrected chi connectivity index (χ0v) is 19.2. The summed E-state index contributed by atoms with van der Waals surface area (Å²) in [5.41, 5.74) is 2.54. The molecule has 0 saturated carbocycles. The van der Waals surface area contributed by atoms with Crippen molar-refractivity contribution < 1.29 is 20.1 Å². The molecule has 4 nitrogen and oxygen atoms in total. The van der Waals surface area contributed by atoms with E-state index in [9.17, 15) is 15.0 Å². The Morgan fingerprint density at radius 1 is 0.935 bits per heavy atom. The molecule has 1 aliphatic rings. The summed E-state index contributed by atoms with van der Waals surface area (Å²) < 4.78 is 0. The van der Waals surface area contributed by atoms with Crippen LogP contribution in [-0.4, -0.2) is 27.0 Å². The number of carboxylic acids is 1.